The molecule has 0 radical (unpaired) electrons. The molecule has 2 spiro atoms. The van der Waals surface area contributed by atoms with Crippen molar-refractivity contribution in [3.8, 4) is 5.75 Å². The molecule has 0 aromatic heterocycles. The van der Waals surface area contributed by atoms with Gasteiger partial charge in [-0.1, -0.05) is 45.1 Å². The van der Waals surface area contributed by atoms with Crippen molar-refractivity contribution in [3.63, 3.8) is 0 Å². The Kier molecular flexibility index (Phi) is 4.06. The summed E-state index contributed by atoms with van der Waals surface area (Å²) in [5.41, 5.74) is 2.31. The summed E-state index contributed by atoms with van der Waals surface area (Å²) >= 11 is 0. The molecule has 1 aromatic rings. The third kappa shape index (κ3) is 2.24. The predicted molar refractivity (Wildman–Crippen MR) is 133 cm³/mol. The summed E-state index contributed by atoms with van der Waals surface area (Å²) in [5, 5.41) is 12.2. The first kappa shape index (κ1) is 21.9. The molecule has 5 aliphatic carbocycles. The van der Waals surface area contributed by atoms with Crippen LogP contribution in [0.2, 0.25) is 0 Å². The lowest BCUT2D eigenvalue weighted by molar-refractivity contribution is -0.263. The number of benzene rings is 1. The summed E-state index contributed by atoms with van der Waals surface area (Å²) in [7, 11) is 1.84. The summed E-state index contributed by atoms with van der Waals surface area (Å²) < 4.78 is 13.6. The minimum absolute atomic E-state index is 0.0307. The molecule has 3 fully saturated rings. The van der Waals surface area contributed by atoms with Crippen molar-refractivity contribution in [1.82, 2.24) is 4.90 Å². The predicted octanol–water partition coefficient (Wildman–Crippen LogP) is 4.79. The fraction of sp³-hybridized carbons (Fsp3) is 0.733. The van der Waals surface area contributed by atoms with E-state index < -0.39 is 11.2 Å². The largest absolute Gasteiger partial charge is 0.485 e. The number of aliphatic hydroxyl groups is 1. The van der Waals surface area contributed by atoms with Crippen molar-refractivity contribution in [1.29, 1.82) is 0 Å². The Labute approximate surface area is 204 Å². The first-order valence-electron chi connectivity index (χ1n) is 13.5. The van der Waals surface area contributed by atoms with E-state index in [0.29, 0.717) is 6.04 Å². The second-order valence-electron chi connectivity index (χ2n) is 13.7. The van der Waals surface area contributed by atoms with Crippen molar-refractivity contribution in [2.45, 2.75) is 95.5 Å². The fourth-order valence-electron chi connectivity index (χ4n) is 9.09. The molecule has 2 saturated carbocycles. The number of hydrogen-bond acceptors (Lipinski definition) is 4. The van der Waals surface area contributed by atoms with Gasteiger partial charge < -0.3 is 14.6 Å². The zero-order valence-electron chi connectivity index (χ0n) is 21.8. The topological polar surface area (TPSA) is 41.9 Å². The van der Waals surface area contributed by atoms with Gasteiger partial charge in [0.25, 0.3) is 0 Å². The van der Waals surface area contributed by atoms with Crippen LogP contribution in [0.15, 0.2) is 24.3 Å². The maximum atomic E-state index is 12.2. The highest BCUT2D eigenvalue weighted by atomic mass is 16.6. The summed E-state index contributed by atoms with van der Waals surface area (Å²) in [6.07, 6.45) is 10.7. The van der Waals surface area contributed by atoms with Crippen molar-refractivity contribution in [2.24, 2.45) is 22.7 Å². The van der Waals surface area contributed by atoms with E-state index in [1.54, 1.807) is 0 Å². The van der Waals surface area contributed by atoms with Gasteiger partial charge >= 0.3 is 0 Å². The summed E-state index contributed by atoms with van der Waals surface area (Å²) in [6, 6.07) is 5.11. The van der Waals surface area contributed by atoms with Crippen LogP contribution >= 0.6 is 0 Å². The number of likely N-dealkylation sites (tertiary alicyclic amines) is 1. The molecule has 4 bridgehead atoms. The molecule has 8 rings (SSSR count). The van der Waals surface area contributed by atoms with Crippen molar-refractivity contribution in [3.05, 3.63) is 41.0 Å². The summed E-state index contributed by atoms with van der Waals surface area (Å²) in [4.78, 5) is 2.83. The van der Waals surface area contributed by atoms with Gasteiger partial charge in [0.1, 0.15) is 17.5 Å². The lowest BCUT2D eigenvalue weighted by atomic mass is 9.35. The van der Waals surface area contributed by atoms with Crippen LogP contribution in [0.4, 0.5) is 0 Å². The second-order valence-corrected chi connectivity index (χ2v) is 13.7. The fourth-order valence-corrected chi connectivity index (χ4v) is 9.09. The molecule has 1 saturated heterocycles. The molecule has 4 heteroatoms. The van der Waals surface area contributed by atoms with E-state index in [9.17, 15) is 5.11 Å². The Bertz CT molecular complexity index is 1100. The van der Waals surface area contributed by atoms with E-state index in [2.05, 4.69) is 63.8 Å². The number of aryl methyl sites for hydroxylation is 1. The van der Waals surface area contributed by atoms with Gasteiger partial charge in [0.15, 0.2) is 0 Å². The summed E-state index contributed by atoms with van der Waals surface area (Å²) in [5.74, 6) is 1.95. The van der Waals surface area contributed by atoms with Crippen molar-refractivity contribution >= 4 is 0 Å². The van der Waals surface area contributed by atoms with E-state index in [4.69, 9.17) is 9.47 Å². The Morgan fingerprint density at radius 1 is 1.18 bits per heavy atom. The maximum Gasteiger partial charge on any atom is 0.142 e. The van der Waals surface area contributed by atoms with Crippen LogP contribution in [-0.2, 0) is 16.6 Å². The van der Waals surface area contributed by atoms with E-state index >= 15 is 0 Å². The molecule has 34 heavy (non-hydrogen) atoms. The van der Waals surface area contributed by atoms with Gasteiger partial charge in [0, 0.05) is 36.6 Å². The smallest absolute Gasteiger partial charge is 0.142 e. The first-order chi connectivity index (χ1) is 16.0. The Hall–Kier alpha value is -1.36. The number of hydrogen-bond donors (Lipinski definition) is 1. The Morgan fingerprint density at radius 3 is 2.62 bits per heavy atom. The van der Waals surface area contributed by atoms with Gasteiger partial charge in [-0.2, -0.15) is 0 Å². The highest BCUT2D eigenvalue weighted by Crippen LogP contribution is 2.75. The van der Waals surface area contributed by atoms with E-state index in [1.165, 1.54) is 36.1 Å². The normalized spacial score (nSPS) is 43.4. The van der Waals surface area contributed by atoms with Gasteiger partial charge in [0.2, 0.25) is 0 Å². The lowest BCUT2D eigenvalue weighted by Crippen LogP contribution is -2.81. The van der Waals surface area contributed by atoms with Gasteiger partial charge in [0.05, 0.1) is 11.0 Å². The van der Waals surface area contributed by atoms with Gasteiger partial charge in [-0.3, -0.25) is 4.90 Å². The molecule has 7 aliphatic rings. The number of rotatable bonds is 4. The lowest BCUT2D eigenvalue weighted by Gasteiger charge is -2.73. The van der Waals surface area contributed by atoms with Crippen LogP contribution in [0.1, 0.15) is 70.1 Å². The molecule has 1 N–H and O–H groups in total. The highest BCUT2D eigenvalue weighted by Gasteiger charge is 2.80. The Morgan fingerprint density at radius 2 is 1.94 bits per heavy atom. The number of piperidine rings is 1. The van der Waals surface area contributed by atoms with Crippen LogP contribution in [0, 0.1) is 29.6 Å². The van der Waals surface area contributed by atoms with Crippen LogP contribution < -0.4 is 4.74 Å². The molecule has 1 aromatic carbocycles. The number of fused-ring (bicyclic) bond motifs is 1. The molecule has 2 heterocycles. The average Bonchev–Trinajstić information content (AvgIpc) is 3.53. The van der Waals surface area contributed by atoms with Gasteiger partial charge in [-0.25, -0.2) is 0 Å². The monoisotopic (exact) mass is 463 g/mol. The molecule has 2 aliphatic heterocycles. The van der Waals surface area contributed by atoms with Crippen molar-refractivity contribution in [2.75, 3.05) is 20.2 Å². The number of ether oxygens (including phenoxy) is 2. The summed E-state index contributed by atoms with van der Waals surface area (Å²) in [6.45, 7) is 13.1. The van der Waals surface area contributed by atoms with E-state index in [-0.39, 0.29) is 28.3 Å². The standard InChI is InChI=1S/C30H41NO3/c1-18-7-10-20-15-22-28-11-12-30(33-6,21(16-28)27(5,32)26(2,3)4)25-29(28,23(20)24(18)34-25)13-14-31(22)17-19-8-9-19/h7,10-12,19,21-22,25,32H,8-9,13-17H2,1-6H3/t21-,22-,25-,27+,28-,29+,30-/m1/s1. The van der Waals surface area contributed by atoms with Crippen LogP contribution in [0.3, 0.4) is 0 Å². The molecule has 0 unspecified atom stereocenters. The third-order valence-electron chi connectivity index (χ3n) is 11.5. The van der Waals surface area contributed by atoms with E-state index in [1.807, 2.05) is 7.11 Å². The third-order valence-corrected chi connectivity index (χ3v) is 11.5. The van der Waals surface area contributed by atoms with Crippen LogP contribution in [-0.4, -0.2) is 53.6 Å². The molecular weight excluding hydrogens is 422 g/mol. The second kappa shape index (κ2) is 6.30. The number of nitrogens with zero attached hydrogens (tertiary/aromatic N) is 1. The molecular formula is C30H41NO3. The molecule has 7 atom stereocenters. The first-order valence-corrected chi connectivity index (χ1v) is 13.5. The quantitative estimate of drug-likeness (QED) is 0.652. The molecule has 184 valence electrons. The highest BCUT2D eigenvalue weighted by molar-refractivity contribution is 5.63. The van der Waals surface area contributed by atoms with Crippen LogP contribution in [0.25, 0.3) is 0 Å². The van der Waals surface area contributed by atoms with Crippen LogP contribution in [0.5, 0.6) is 5.75 Å². The van der Waals surface area contributed by atoms with E-state index in [0.717, 1.165) is 37.5 Å². The molecule has 0 amide bonds. The SMILES string of the molecule is CO[C@]12C=C[C@@]3(C[C@@H]1[C@](C)(O)C(C)(C)C)[C@H]1Cc4ccc(C)c5c4[C@@]3(CCN1CC1CC1)[C@H]2O5. The Balaban J connectivity index is 1.49. The zero-order chi connectivity index (χ0) is 23.9. The average molecular weight is 464 g/mol. The maximum absolute atomic E-state index is 12.2. The molecule has 4 nitrogen and oxygen atoms in total. The zero-order valence-corrected chi connectivity index (χ0v) is 21.8. The van der Waals surface area contributed by atoms with Crippen molar-refractivity contribution < 1.29 is 14.6 Å². The minimum Gasteiger partial charge on any atom is -0.485 e. The van der Waals surface area contributed by atoms with Gasteiger partial charge in [-0.05, 0) is 75.0 Å². The minimum atomic E-state index is -0.897. The number of methoxy groups -OCH3 is 1. The van der Waals surface area contributed by atoms with Gasteiger partial charge in [-0.15, -0.1) is 0 Å².